The predicted octanol–water partition coefficient (Wildman–Crippen LogP) is 1.13. The molecule has 4 heterocycles. The molecule has 5 rings (SSSR count). The van der Waals surface area contributed by atoms with Gasteiger partial charge in [-0.25, -0.2) is 15.0 Å². The lowest BCUT2D eigenvalue weighted by molar-refractivity contribution is -0.198. The summed E-state index contributed by atoms with van der Waals surface area (Å²) in [5.41, 5.74) is 11.6. The summed E-state index contributed by atoms with van der Waals surface area (Å²) in [6, 6.07) is 6.83. The molecule has 0 radical (unpaired) electrons. The number of benzene rings is 1. The van der Waals surface area contributed by atoms with Gasteiger partial charge in [-0.3, -0.25) is 4.79 Å². The standard InChI is InChI=1S/C24H31N7O4/c1-23(33)13-35-24(12-18(23)31-15-29-19-20(26)27-14-28-21(19)31)6-9-30(10-7-24)22(32)16-2-4-17(5-3-16)34-11-8-25/h2-5,14-15,18,33H,6-13,25H2,1H3,(H2,26,27,28)/t18-,23-/m0/s1. The number of imidazole rings is 1. The quantitative estimate of drug-likeness (QED) is 0.486. The van der Waals surface area contributed by atoms with E-state index in [2.05, 4.69) is 15.0 Å². The molecule has 11 heteroatoms. The third-order valence-corrected chi connectivity index (χ3v) is 7.13. The van der Waals surface area contributed by atoms with Crippen molar-refractivity contribution in [2.75, 3.05) is 38.6 Å². The fourth-order valence-electron chi connectivity index (χ4n) is 5.04. The second-order valence-corrected chi connectivity index (χ2v) is 9.59. The largest absolute Gasteiger partial charge is 0.492 e. The number of nitrogens with two attached hydrogens (primary N) is 2. The molecule has 11 nitrogen and oxygen atoms in total. The molecule has 35 heavy (non-hydrogen) atoms. The van der Waals surface area contributed by atoms with Crippen LogP contribution in [0.15, 0.2) is 36.9 Å². The number of amides is 1. The molecule has 0 aliphatic carbocycles. The Bertz CT molecular complexity index is 1200. The van der Waals surface area contributed by atoms with E-state index < -0.39 is 11.2 Å². The number of nitrogens with zero attached hydrogens (tertiary/aromatic N) is 5. The number of ether oxygens (including phenoxy) is 2. The monoisotopic (exact) mass is 481 g/mol. The maximum atomic E-state index is 13.1. The molecule has 1 aromatic carbocycles. The highest BCUT2D eigenvalue weighted by atomic mass is 16.5. The van der Waals surface area contributed by atoms with E-state index in [4.69, 9.17) is 20.9 Å². The number of nitrogen functional groups attached to an aromatic ring is 1. The maximum Gasteiger partial charge on any atom is 0.253 e. The molecule has 1 spiro atoms. The number of piperidine rings is 1. The van der Waals surface area contributed by atoms with Crippen LogP contribution in [0.5, 0.6) is 5.75 Å². The van der Waals surface area contributed by atoms with Crippen molar-refractivity contribution in [1.82, 2.24) is 24.4 Å². The number of carbonyl (C=O) groups excluding carboxylic acids is 1. The SMILES string of the molecule is C[C@]1(O)COC2(CCN(C(=O)c3ccc(OCCN)cc3)CC2)C[C@@H]1n1cnc2c(N)ncnc21. The fraction of sp³-hybridized carbons (Fsp3) is 0.500. The minimum atomic E-state index is -1.11. The van der Waals surface area contributed by atoms with E-state index in [0.29, 0.717) is 73.8 Å². The topological polar surface area (TPSA) is 155 Å². The summed E-state index contributed by atoms with van der Waals surface area (Å²) in [6.45, 7) is 3.95. The molecule has 3 aromatic rings. The summed E-state index contributed by atoms with van der Waals surface area (Å²) in [5, 5.41) is 11.2. The van der Waals surface area contributed by atoms with Crippen LogP contribution in [0.1, 0.15) is 42.6 Å². The van der Waals surface area contributed by atoms with Crippen LogP contribution in [0.2, 0.25) is 0 Å². The maximum absolute atomic E-state index is 13.1. The zero-order valence-electron chi connectivity index (χ0n) is 19.8. The third-order valence-electron chi connectivity index (χ3n) is 7.13. The van der Waals surface area contributed by atoms with Crippen molar-refractivity contribution in [1.29, 1.82) is 0 Å². The van der Waals surface area contributed by atoms with Gasteiger partial charge in [0, 0.05) is 31.6 Å². The van der Waals surface area contributed by atoms with E-state index in [9.17, 15) is 9.90 Å². The summed E-state index contributed by atoms with van der Waals surface area (Å²) in [7, 11) is 0. The Morgan fingerprint density at radius 1 is 1.23 bits per heavy atom. The van der Waals surface area contributed by atoms with Crippen LogP contribution >= 0.6 is 0 Å². The first-order valence-electron chi connectivity index (χ1n) is 11.8. The second-order valence-electron chi connectivity index (χ2n) is 9.59. The molecule has 5 N–H and O–H groups in total. The van der Waals surface area contributed by atoms with Crippen molar-refractivity contribution in [3.63, 3.8) is 0 Å². The molecule has 2 atom stereocenters. The molecule has 2 aliphatic rings. The van der Waals surface area contributed by atoms with Crippen LogP contribution in [0.25, 0.3) is 11.2 Å². The number of rotatable bonds is 5. The van der Waals surface area contributed by atoms with E-state index in [1.165, 1.54) is 6.33 Å². The minimum Gasteiger partial charge on any atom is -0.492 e. The van der Waals surface area contributed by atoms with Crippen molar-refractivity contribution < 1.29 is 19.4 Å². The first kappa shape index (κ1) is 23.5. The van der Waals surface area contributed by atoms with Crippen molar-refractivity contribution in [2.24, 2.45) is 5.73 Å². The molecule has 186 valence electrons. The van der Waals surface area contributed by atoms with E-state index in [1.54, 1.807) is 37.5 Å². The third kappa shape index (κ3) is 4.42. The molecule has 0 unspecified atom stereocenters. The van der Waals surface area contributed by atoms with Gasteiger partial charge in [0.2, 0.25) is 0 Å². The van der Waals surface area contributed by atoms with Gasteiger partial charge in [0.15, 0.2) is 11.5 Å². The van der Waals surface area contributed by atoms with Gasteiger partial charge in [0.25, 0.3) is 5.91 Å². The highest BCUT2D eigenvalue weighted by molar-refractivity contribution is 5.94. The summed E-state index contributed by atoms with van der Waals surface area (Å²) in [4.78, 5) is 27.7. The highest BCUT2D eigenvalue weighted by Gasteiger charge is 2.50. The van der Waals surface area contributed by atoms with E-state index in [1.807, 2.05) is 9.47 Å². The van der Waals surface area contributed by atoms with Crippen molar-refractivity contribution in [3.05, 3.63) is 42.5 Å². The molecule has 0 bridgehead atoms. The fourth-order valence-corrected chi connectivity index (χ4v) is 5.04. The van der Waals surface area contributed by atoms with Gasteiger partial charge in [0.1, 0.15) is 29.8 Å². The average Bonchev–Trinajstić information content (AvgIpc) is 3.30. The van der Waals surface area contributed by atoms with Gasteiger partial charge in [-0.1, -0.05) is 0 Å². The Hall–Kier alpha value is -3.28. The summed E-state index contributed by atoms with van der Waals surface area (Å²) in [6.07, 6.45) is 4.98. The van der Waals surface area contributed by atoms with Crippen LogP contribution < -0.4 is 16.2 Å². The number of anilines is 1. The van der Waals surface area contributed by atoms with Gasteiger partial charge < -0.3 is 35.5 Å². The lowest BCUT2D eigenvalue weighted by Crippen LogP contribution is -2.57. The lowest BCUT2D eigenvalue weighted by atomic mass is 9.77. The van der Waals surface area contributed by atoms with Crippen molar-refractivity contribution >= 4 is 22.9 Å². The smallest absolute Gasteiger partial charge is 0.253 e. The second kappa shape index (κ2) is 9.06. The number of aliphatic hydroxyl groups is 1. The van der Waals surface area contributed by atoms with E-state index in [0.717, 1.165) is 0 Å². The molecular formula is C24H31N7O4. The Morgan fingerprint density at radius 3 is 2.69 bits per heavy atom. The highest BCUT2D eigenvalue weighted by Crippen LogP contribution is 2.44. The number of hydrogen-bond donors (Lipinski definition) is 3. The Morgan fingerprint density at radius 2 is 1.97 bits per heavy atom. The molecule has 2 aromatic heterocycles. The first-order valence-corrected chi connectivity index (χ1v) is 11.8. The zero-order chi connectivity index (χ0) is 24.6. The predicted molar refractivity (Wildman–Crippen MR) is 129 cm³/mol. The van der Waals surface area contributed by atoms with Crippen LogP contribution in [0.3, 0.4) is 0 Å². The Kier molecular flexibility index (Phi) is 6.07. The summed E-state index contributed by atoms with van der Waals surface area (Å²) in [5.74, 6) is 0.982. The summed E-state index contributed by atoms with van der Waals surface area (Å²) >= 11 is 0. The van der Waals surface area contributed by atoms with Gasteiger partial charge in [0.05, 0.1) is 24.6 Å². The average molecular weight is 482 g/mol. The van der Waals surface area contributed by atoms with Crippen molar-refractivity contribution in [2.45, 2.75) is 43.4 Å². The first-order chi connectivity index (χ1) is 16.8. The van der Waals surface area contributed by atoms with Gasteiger partial charge in [-0.05, 0) is 44.0 Å². The van der Waals surface area contributed by atoms with Crippen LogP contribution in [0, 0.1) is 0 Å². The number of likely N-dealkylation sites (tertiary alicyclic amines) is 1. The summed E-state index contributed by atoms with van der Waals surface area (Å²) < 4.78 is 13.6. The van der Waals surface area contributed by atoms with Gasteiger partial charge in [-0.2, -0.15) is 0 Å². The number of fused-ring (bicyclic) bond motifs is 1. The number of aromatic nitrogens is 4. The lowest BCUT2D eigenvalue weighted by Gasteiger charge is -2.51. The Labute approximate surface area is 203 Å². The molecule has 1 amide bonds. The molecule has 2 aliphatic heterocycles. The van der Waals surface area contributed by atoms with E-state index >= 15 is 0 Å². The molecular weight excluding hydrogens is 450 g/mol. The van der Waals surface area contributed by atoms with Crippen LogP contribution in [-0.4, -0.2) is 79.5 Å². The van der Waals surface area contributed by atoms with Crippen LogP contribution in [-0.2, 0) is 4.74 Å². The van der Waals surface area contributed by atoms with Crippen molar-refractivity contribution in [3.8, 4) is 5.75 Å². The molecule has 0 saturated carbocycles. The Balaban J connectivity index is 1.29. The number of carbonyl (C=O) groups is 1. The van der Waals surface area contributed by atoms with Gasteiger partial charge in [-0.15, -0.1) is 0 Å². The zero-order valence-corrected chi connectivity index (χ0v) is 19.8. The van der Waals surface area contributed by atoms with E-state index in [-0.39, 0.29) is 18.6 Å². The number of hydrogen-bond acceptors (Lipinski definition) is 9. The molecule has 2 fully saturated rings. The normalized spacial score (nSPS) is 24.1. The minimum absolute atomic E-state index is 0.0163. The van der Waals surface area contributed by atoms with Gasteiger partial charge >= 0.3 is 0 Å². The van der Waals surface area contributed by atoms with Crippen LogP contribution in [0.4, 0.5) is 5.82 Å². The molecule has 2 saturated heterocycles.